The summed E-state index contributed by atoms with van der Waals surface area (Å²) in [5, 5.41) is 13.6. The van der Waals surface area contributed by atoms with E-state index in [2.05, 4.69) is 21.1 Å². The number of alkyl carbamates (subject to hydrolysis) is 1. The number of guanidine groups is 1. The Morgan fingerprint density at radius 1 is 1.14 bits per heavy atom. The molecule has 0 saturated carbocycles. The van der Waals surface area contributed by atoms with E-state index >= 15 is 0 Å². The van der Waals surface area contributed by atoms with Gasteiger partial charge in [0, 0.05) is 18.7 Å². The maximum Gasteiger partial charge on any atom is 0.408 e. The highest BCUT2D eigenvalue weighted by Crippen LogP contribution is 2.18. The van der Waals surface area contributed by atoms with E-state index in [0.29, 0.717) is 13.1 Å². The number of aromatic nitrogens is 1. The molecule has 0 fully saturated rings. The van der Waals surface area contributed by atoms with Gasteiger partial charge in [-0.1, -0.05) is 19.0 Å². The second kappa shape index (κ2) is 11.1. The quantitative estimate of drug-likeness (QED) is 0.426. The predicted molar refractivity (Wildman–Crippen MR) is 116 cm³/mol. The normalized spacial score (nSPS) is 12.6. The summed E-state index contributed by atoms with van der Waals surface area (Å²) >= 11 is 0. The standard InChI is InChI=1S/C21H39N5O3/c1-9-21(10-2,25-19(27)28-20(6,7)8)14-24-18(22-11-3)23-13-12-17-15(4)26-29-16(17)5/h9-14H2,1-8H3,(H,25,27)(H2,22,23,24). The molecule has 1 rings (SSSR count). The van der Waals surface area contributed by atoms with Crippen LogP contribution >= 0.6 is 0 Å². The molecule has 0 aromatic carbocycles. The average molecular weight is 410 g/mol. The molecule has 0 bridgehead atoms. The number of aliphatic imine (C=N–C) groups is 1. The Balaban J connectivity index is 2.76. The summed E-state index contributed by atoms with van der Waals surface area (Å²) in [4.78, 5) is 17.0. The van der Waals surface area contributed by atoms with Crippen molar-refractivity contribution in [2.75, 3.05) is 19.6 Å². The first-order valence-electron chi connectivity index (χ1n) is 10.5. The van der Waals surface area contributed by atoms with Crippen molar-refractivity contribution >= 4 is 12.1 Å². The lowest BCUT2D eigenvalue weighted by atomic mass is 9.93. The molecule has 29 heavy (non-hydrogen) atoms. The third-order valence-corrected chi connectivity index (χ3v) is 4.85. The number of hydrogen-bond acceptors (Lipinski definition) is 5. The number of amides is 1. The van der Waals surface area contributed by atoms with Crippen molar-refractivity contribution in [3.8, 4) is 0 Å². The Kier molecular flexibility index (Phi) is 9.46. The largest absolute Gasteiger partial charge is 0.444 e. The van der Waals surface area contributed by atoms with E-state index in [4.69, 9.17) is 14.3 Å². The van der Waals surface area contributed by atoms with Crippen LogP contribution in [0.15, 0.2) is 9.52 Å². The van der Waals surface area contributed by atoms with Crippen molar-refractivity contribution in [3.05, 3.63) is 17.0 Å². The first-order valence-corrected chi connectivity index (χ1v) is 10.5. The van der Waals surface area contributed by atoms with E-state index in [9.17, 15) is 4.79 Å². The molecule has 166 valence electrons. The van der Waals surface area contributed by atoms with Crippen LogP contribution in [0.3, 0.4) is 0 Å². The zero-order valence-corrected chi connectivity index (χ0v) is 19.4. The van der Waals surface area contributed by atoms with E-state index < -0.39 is 17.2 Å². The molecule has 1 amide bonds. The lowest BCUT2D eigenvalue weighted by Gasteiger charge is -2.32. The molecule has 0 spiro atoms. The molecule has 1 aromatic heterocycles. The van der Waals surface area contributed by atoms with Crippen LogP contribution in [0.25, 0.3) is 0 Å². The van der Waals surface area contributed by atoms with Crippen LogP contribution in [0.5, 0.6) is 0 Å². The molecule has 8 heteroatoms. The molecule has 0 unspecified atom stereocenters. The smallest absolute Gasteiger partial charge is 0.408 e. The summed E-state index contributed by atoms with van der Waals surface area (Å²) in [6, 6.07) is 0. The van der Waals surface area contributed by atoms with E-state index in [-0.39, 0.29) is 0 Å². The molecule has 3 N–H and O–H groups in total. The second-order valence-corrected chi connectivity index (χ2v) is 8.29. The number of aryl methyl sites for hydroxylation is 2. The summed E-state index contributed by atoms with van der Waals surface area (Å²) in [6.45, 7) is 17.5. The highest BCUT2D eigenvalue weighted by Gasteiger charge is 2.30. The van der Waals surface area contributed by atoms with Crippen LogP contribution in [0, 0.1) is 13.8 Å². The fourth-order valence-corrected chi connectivity index (χ4v) is 2.95. The average Bonchev–Trinajstić information content (AvgIpc) is 2.95. The zero-order chi connectivity index (χ0) is 22.1. The summed E-state index contributed by atoms with van der Waals surface area (Å²) in [5.74, 6) is 1.57. The van der Waals surface area contributed by atoms with Crippen LogP contribution in [-0.4, -0.2) is 48.0 Å². The van der Waals surface area contributed by atoms with Gasteiger partial charge >= 0.3 is 6.09 Å². The van der Waals surface area contributed by atoms with E-state index in [1.54, 1.807) is 0 Å². The molecule has 0 aliphatic heterocycles. The predicted octanol–water partition coefficient (Wildman–Crippen LogP) is 3.47. The van der Waals surface area contributed by atoms with Crippen molar-refractivity contribution in [2.24, 2.45) is 4.99 Å². The van der Waals surface area contributed by atoms with Crippen molar-refractivity contribution < 1.29 is 14.1 Å². The Bertz CT molecular complexity index is 653. The minimum Gasteiger partial charge on any atom is -0.444 e. The number of carbonyl (C=O) groups is 1. The van der Waals surface area contributed by atoms with Crippen molar-refractivity contribution in [1.29, 1.82) is 0 Å². The Morgan fingerprint density at radius 2 is 1.79 bits per heavy atom. The third-order valence-electron chi connectivity index (χ3n) is 4.85. The number of hydrogen-bond donors (Lipinski definition) is 3. The van der Waals surface area contributed by atoms with Crippen molar-refractivity contribution in [2.45, 2.75) is 85.8 Å². The van der Waals surface area contributed by atoms with Gasteiger partial charge in [0.15, 0.2) is 5.96 Å². The fourth-order valence-electron chi connectivity index (χ4n) is 2.95. The first kappa shape index (κ1) is 24.8. The van der Waals surface area contributed by atoms with Crippen LogP contribution < -0.4 is 16.0 Å². The molecule has 1 aromatic rings. The number of nitrogens with zero attached hydrogens (tertiary/aromatic N) is 2. The molecular weight excluding hydrogens is 370 g/mol. The van der Waals surface area contributed by atoms with Gasteiger partial charge in [-0.15, -0.1) is 0 Å². The molecule has 8 nitrogen and oxygen atoms in total. The molecule has 0 aliphatic carbocycles. The number of rotatable bonds is 9. The van der Waals surface area contributed by atoms with Crippen LogP contribution in [-0.2, 0) is 11.2 Å². The highest BCUT2D eigenvalue weighted by atomic mass is 16.6. The Morgan fingerprint density at radius 3 is 2.28 bits per heavy atom. The lowest BCUT2D eigenvalue weighted by molar-refractivity contribution is 0.0452. The SMILES string of the molecule is CCNC(=NCC(CC)(CC)NC(=O)OC(C)(C)C)NCCc1c(C)noc1C. The lowest BCUT2D eigenvalue weighted by Crippen LogP contribution is -2.52. The number of carbonyl (C=O) groups excluding carboxylic acids is 1. The van der Waals surface area contributed by atoms with Gasteiger partial charge in [0.05, 0.1) is 17.8 Å². The molecule has 1 heterocycles. The van der Waals surface area contributed by atoms with Gasteiger partial charge in [0.1, 0.15) is 11.4 Å². The van der Waals surface area contributed by atoms with Crippen LogP contribution in [0.4, 0.5) is 4.79 Å². The summed E-state index contributed by atoms with van der Waals surface area (Å²) < 4.78 is 10.7. The number of ether oxygens (including phenoxy) is 1. The van der Waals surface area contributed by atoms with Gasteiger partial charge < -0.3 is 25.2 Å². The summed E-state index contributed by atoms with van der Waals surface area (Å²) in [7, 11) is 0. The molecule has 0 saturated heterocycles. The van der Waals surface area contributed by atoms with E-state index in [0.717, 1.165) is 48.8 Å². The Labute approximate surface area is 175 Å². The number of nitrogens with one attached hydrogen (secondary N) is 3. The van der Waals surface area contributed by atoms with Gasteiger partial charge in [0.25, 0.3) is 0 Å². The van der Waals surface area contributed by atoms with E-state index in [1.165, 1.54) is 0 Å². The van der Waals surface area contributed by atoms with Gasteiger partial charge in [-0.3, -0.25) is 4.99 Å². The third kappa shape index (κ3) is 8.33. The summed E-state index contributed by atoms with van der Waals surface area (Å²) in [5.41, 5.74) is 1.06. The minimum atomic E-state index is -0.532. The summed E-state index contributed by atoms with van der Waals surface area (Å²) in [6.07, 6.45) is 1.90. The second-order valence-electron chi connectivity index (χ2n) is 8.29. The Hall–Kier alpha value is -2.25. The maximum absolute atomic E-state index is 12.3. The monoisotopic (exact) mass is 409 g/mol. The zero-order valence-electron chi connectivity index (χ0n) is 19.4. The van der Waals surface area contributed by atoms with Crippen LogP contribution in [0.2, 0.25) is 0 Å². The van der Waals surface area contributed by atoms with Crippen molar-refractivity contribution in [1.82, 2.24) is 21.1 Å². The highest BCUT2D eigenvalue weighted by molar-refractivity contribution is 5.79. The van der Waals surface area contributed by atoms with E-state index in [1.807, 2.05) is 55.4 Å². The van der Waals surface area contributed by atoms with Gasteiger partial charge in [-0.05, 0) is 60.8 Å². The minimum absolute atomic E-state index is 0.409. The van der Waals surface area contributed by atoms with Gasteiger partial charge in [-0.2, -0.15) is 0 Å². The molecule has 0 atom stereocenters. The fraction of sp³-hybridized carbons (Fsp3) is 0.762. The van der Waals surface area contributed by atoms with Gasteiger partial charge in [-0.25, -0.2) is 4.79 Å². The first-order chi connectivity index (χ1) is 13.6. The van der Waals surface area contributed by atoms with Gasteiger partial charge in [0.2, 0.25) is 0 Å². The van der Waals surface area contributed by atoms with Crippen molar-refractivity contribution in [3.63, 3.8) is 0 Å². The maximum atomic E-state index is 12.3. The van der Waals surface area contributed by atoms with Crippen LogP contribution in [0.1, 0.15) is 71.4 Å². The molecule has 0 aliphatic rings. The molecule has 0 radical (unpaired) electrons. The topological polar surface area (TPSA) is 101 Å². The molecular formula is C21H39N5O3.